The largest absolute Gasteiger partial charge is 0.370 e. The van der Waals surface area contributed by atoms with Gasteiger partial charge in [0.15, 0.2) is 6.29 Å². The van der Waals surface area contributed by atoms with Gasteiger partial charge >= 0.3 is 0 Å². The summed E-state index contributed by atoms with van der Waals surface area (Å²) in [5.74, 6) is 1.58. The van der Waals surface area contributed by atoms with Crippen molar-refractivity contribution in [3.8, 4) is 0 Å². The number of amidine groups is 1. The van der Waals surface area contributed by atoms with Crippen molar-refractivity contribution < 1.29 is 0 Å². The summed E-state index contributed by atoms with van der Waals surface area (Å²) >= 11 is 0. The van der Waals surface area contributed by atoms with Crippen LogP contribution < -0.4 is 16.0 Å². The molecule has 0 radical (unpaired) electrons. The standard InChI is InChI=1S/C17H33N5/c1-6-10-20-16(18-5)14-9-11-21-17(19-8-3)22-15(14)12-13(4)7-2/h9,13,17,19,21H,6-8,10-12H2,1-5H3,(H,18,20). The number of nitrogens with one attached hydrogen (secondary N) is 3. The van der Waals surface area contributed by atoms with E-state index in [1.807, 2.05) is 7.05 Å². The molecule has 0 aliphatic carbocycles. The van der Waals surface area contributed by atoms with Crippen LogP contribution in [-0.2, 0) is 0 Å². The molecule has 0 fully saturated rings. The van der Waals surface area contributed by atoms with Crippen LogP contribution in [0.2, 0.25) is 0 Å². The van der Waals surface area contributed by atoms with Crippen LogP contribution in [0.15, 0.2) is 21.6 Å². The smallest absolute Gasteiger partial charge is 0.154 e. The molecule has 2 atom stereocenters. The van der Waals surface area contributed by atoms with Crippen LogP contribution in [0.1, 0.15) is 47.0 Å². The molecule has 0 saturated carbocycles. The molecule has 1 rings (SSSR count). The number of hydrogen-bond donors (Lipinski definition) is 3. The molecular formula is C17H33N5. The first-order chi connectivity index (χ1) is 10.7. The molecule has 126 valence electrons. The second kappa shape index (κ2) is 10.5. The first kappa shape index (κ1) is 18.8. The Hall–Kier alpha value is -1.20. The third-order valence-corrected chi connectivity index (χ3v) is 3.87. The summed E-state index contributed by atoms with van der Waals surface area (Å²) < 4.78 is 0. The molecule has 1 heterocycles. The van der Waals surface area contributed by atoms with Crippen LogP contribution in [0.5, 0.6) is 0 Å². The molecule has 0 amide bonds. The Morgan fingerprint density at radius 1 is 1.45 bits per heavy atom. The average Bonchev–Trinajstić information content (AvgIpc) is 2.71. The lowest BCUT2D eigenvalue weighted by Gasteiger charge is -2.18. The molecule has 0 spiro atoms. The molecule has 22 heavy (non-hydrogen) atoms. The summed E-state index contributed by atoms with van der Waals surface area (Å²) in [5, 5.41) is 10.2. The van der Waals surface area contributed by atoms with Crippen molar-refractivity contribution in [2.75, 3.05) is 26.7 Å². The Kier molecular flexibility index (Phi) is 9.01. The van der Waals surface area contributed by atoms with Gasteiger partial charge < -0.3 is 5.32 Å². The summed E-state index contributed by atoms with van der Waals surface area (Å²) in [7, 11) is 1.85. The minimum atomic E-state index is -0.0120. The quantitative estimate of drug-likeness (QED) is 0.476. The molecular weight excluding hydrogens is 274 g/mol. The highest BCUT2D eigenvalue weighted by atomic mass is 15.2. The van der Waals surface area contributed by atoms with Gasteiger partial charge in [-0.15, -0.1) is 0 Å². The zero-order chi connectivity index (χ0) is 16.4. The number of nitrogens with zero attached hydrogens (tertiary/aromatic N) is 2. The molecule has 0 aromatic rings. The van der Waals surface area contributed by atoms with Gasteiger partial charge in [-0.2, -0.15) is 0 Å². The topological polar surface area (TPSA) is 60.8 Å². The van der Waals surface area contributed by atoms with Crippen molar-refractivity contribution in [1.82, 2.24) is 16.0 Å². The molecule has 0 aromatic carbocycles. The first-order valence-corrected chi connectivity index (χ1v) is 8.61. The highest BCUT2D eigenvalue weighted by molar-refractivity contribution is 6.23. The van der Waals surface area contributed by atoms with E-state index in [0.717, 1.165) is 56.0 Å². The molecule has 3 N–H and O–H groups in total. The summed E-state index contributed by atoms with van der Waals surface area (Å²) in [5.41, 5.74) is 2.30. The Balaban J connectivity index is 3.02. The van der Waals surface area contributed by atoms with E-state index in [2.05, 4.69) is 54.7 Å². The summed E-state index contributed by atoms with van der Waals surface area (Å²) in [6.45, 7) is 11.4. The van der Waals surface area contributed by atoms with Crippen LogP contribution in [0, 0.1) is 5.92 Å². The van der Waals surface area contributed by atoms with E-state index in [9.17, 15) is 0 Å². The van der Waals surface area contributed by atoms with Crippen molar-refractivity contribution >= 4 is 11.5 Å². The normalized spacial score (nSPS) is 21.0. The maximum atomic E-state index is 4.92. The lowest BCUT2D eigenvalue weighted by molar-refractivity contribution is 0.470. The van der Waals surface area contributed by atoms with Crippen LogP contribution in [-0.4, -0.2) is 44.5 Å². The number of hydrogen-bond acceptors (Lipinski definition) is 4. The second-order valence-corrected chi connectivity index (χ2v) is 5.78. The predicted molar refractivity (Wildman–Crippen MR) is 96.7 cm³/mol. The molecule has 5 heteroatoms. The Bertz CT molecular complexity index is 411. The van der Waals surface area contributed by atoms with Gasteiger partial charge in [0, 0.05) is 31.4 Å². The SMILES string of the molecule is CCCNC(=NC)C1=CCNC(NCC)N=C1CC(C)CC. The molecule has 0 aromatic heterocycles. The van der Waals surface area contributed by atoms with Crippen molar-refractivity contribution in [2.45, 2.75) is 53.2 Å². The van der Waals surface area contributed by atoms with Gasteiger partial charge in [-0.3, -0.25) is 20.6 Å². The molecule has 1 aliphatic heterocycles. The van der Waals surface area contributed by atoms with E-state index in [4.69, 9.17) is 4.99 Å². The fourth-order valence-electron chi connectivity index (χ4n) is 2.38. The Morgan fingerprint density at radius 3 is 2.82 bits per heavy atom. The van der Waals surface area contributed by atoms with E-state index in [1.54, 1.807) is 0 Å². The van der Waals surface area contributed by atoms with Crippen LogP contribution in [0.25, 0.3) is 0 Å². The zero-order valence-electron chi connectivity index (χ0n) is 14.9. The van der Waals surface area contributed by atoms with Crippen LogP contribution in [0.3, 0.4) is 0 Å². The summed E-state index contributed by atoms with van der Waals surface area (Å²) in [6.07, 6.45) is 5.43. The average molecular weight is 307 g/mol. The fraction of sp³-hybridized carbons (Fsp3) is 0.765. The first-order valence-electron chi connectivity index (χ1n) is 8.61. The number of aliphatic imine (C=N–C) groups is 2. The van der Waals surface area contributed by atoms with E-state index < -0.39 is 0 Å². The van der Waals surface area contributed by atoms with Crippen molar-refractivity contribution in [3.05, 3.63) is 11.6 Å². The monoisotopic (exact) mass is 307 g/mol. The van der Waals surface area contributed by atoms with Crippen molar-refractivity contribution in [2.24, 2.45) is 15.9 Å². The highest BCUT2D eigenvalue weighted by Gasteiger charge is 2.20. The van der Waals surface area contributed by atoms with E-state index >= 15 is 0 Å². The molecule has 0 bridgehead atoms. The number of rotatable bonds is 8. The summed E-state index contributed by atoms with van der Waals surface area (Å²) in [6, 6.07) is 0. The molecule has 2 unspecified atom stereocenters. The van der Waals surface area contributed by atoms with Gasteiger partial charge in [-0.1, -0.05) is 40.2 Å². The second-order valence-electron chi connectivity index (χ2n) is 5.78. The maximum absolute atomic E-state index is 4.92. The molecule has 5 nitrogen and oxygen atoms in total. The molecule has 0 saturated heterocycles. The third kappa shape index (κ3) is 5.89. The Labute approximate surface area is 135 Å². The predicted octanol–water partition coefficient (Wildman–Crippen LogP) is 2.31. The van der Waals surface area contributed by atoms with E-state index in [-0.39, 0.29) is 6.29 Å². The van der Waals surface area contributed by atoms with Crippen LogP contribution >= 0.6 is 0 Å². The summed E-state index contributed by atoms with van der Waals surface area (Å²) in [4.78, 5) is 9.37. The van der Waals surface area contributed by atoms with Gasteiger partial charge in [-0.25, -0.2) is 0 Å². The minimum Gasteiger partial charge on any atom is -0.370 e. The van der Waals surface area contributed by atoms with Gasteiger partial charge in [-0.05, 0) is 25.3 Å². The zero-order valence-corrected chi connectivity index (χ0v) is 14.9. The van der Waals surface area contributed by atoms with Gasteiger partial charge in [0.1, 0.15) is 5.84 Å². The van der Waals surface area contributed by atoms with E-state index in [0.29, 0.717) is 5.92 Å². The third-order valence-electron chi connectivity index (χ3n) is 3.87. The lowest BCUT2D eigenvalue weighted by Crippen LogP contribution is -2.40. The van der Waals surface area contributed by atoms with E-state index in [1.165, 1.54) is 0 Å². The van der Waals surface area contributed by atoms with Gasteiger partial charge in [0.05, 0.1) is 0 Å². The van der Waals surface area contributed by atoms with Crippen LogP contribution in [0.4, 0.5) is 0 Å². The van der Waals surface area contributed by atoms with Gasteiger partial charge in [0.2, 0.25) is 0 Å². The maximum Gasteiger partial charge on any atom is 0.154 e. The highest BCUT2D eigenvalue weighted by Crippen LogP contribution is 2.16. The van der Waals surface area contributed by atoms with Gasteiger partial charge in [0.25, 0.3) is 0 Å². The van der Waals surface area contributed by atoms with Crippen molar-refractivity contribution in [1.29, 1.82) is 0 Å². The minimum absolute atomic E-state index is 0.0120. The fourth-order valence-corrected chi connectivity index (χ4v) is 2.38. The molecule has 1 aliphatic rings. The lowest BCUT2D eigenvalue weighted by atomic mass is 9.96. The Morgan fingerprint density at radius 2 is 2.23 bits per heavy atom. The van der Waals surface area contributed by atoms with Crippen molar-refractivity contribution in [3.63, 3.8) is 0 Å².